The molecule has 3 aromatic rings. The highest BCUT2D eigenvalue weighted by atomic mass is 19.1. The lowest BCUT2D eigenvalue weighted by molar-refractivity contribution is 0.0949. The van der Waals surface area contributed by atoms with Gasteiger partial charge in [0.1, 0.15) is 29.1 Å². The average molecular weight is 498 g/mol. The van der Waals surface area contributed by atoms with Gasteiger partial charge in [0.25, 0.3) is 11.5 Å². The van der Waals surface area contributed by atoms with Crippen LogP contribution in [-0.4, -0.2) is 58.2 Å². The van der Waals surface area contributed by atoms with Crippen molar-refractivity contribution < 1.29 is 18.3 Å². The second kappa shape index (κ2) is 9.98. The summed E-state index contributed by atoms with van der Waals surface area (Å²) < 4.78 is 35.3. The van der Waals surface area contributed by atoms with Crippen LogP contribution in [0.5, 0.6) is 0 Å². The zero-order valence-corrected chi connectivity index (χ0v) is 19.7. The van der Waals surface area contributed by atoms with E-state index in [9.17, 15) is 18.4 Å². The fourth-order valence-electron chi connectivity index (χ4n) is 3.39. The second-order valence-corrected chi connectivity index (χ2v) is 7.91. The zero-order valence-electron chi connectivity index (χ0n) is 19.7. The molecule has 0 unspecified atom stereocenters. The average Bonchev–Trinajstić information content (AvgIpc) is 3.37. The van der Waals surface area contributed by atoms with Crippen LogP contribution in [0.15, 0.2) is 58.0 Å². The van der Waals surface area contributed by atoms with E-state index in [-0.39, 0.29) is 40.7 Å². The summed E-state index contributed by atoms with van der Waals surface area (Å²) in [5.74, 6) is -0.698. The molecule has 1 amide bonds. The molecule has 2 atom stereocenters. The molecule has 3 aromatic heterocycles. The van der Waals surface area contributed by atoms with Gasteiger partial charge >= 0.3 is 0 Å². The number of ether oxygens (including phenoxy) is 1. The van der Waals surface area contributed by atoms with Gasteiger partial charge in [0.2, 0.25) is 0 Å². The van der Waals surface area contributed by atoms with E-state index < -0.39 is 29.5 Å². The van der Waals surface area contributed by atoms with E-state index in [0.29, 0.717) is 5.82 Å². The summed E-state index contributed by atoms with van der Waals surface area (Å²) in [4.78, 5) is 33.8. The van der Waals surface area contributed by atoms with Gasteiger partial charge in [-0.2, -0.15) is 9.61 Å². The molecule has 0 bridgehead atoms. The second-order valence-electron chi connectivity index (χ2n) is 7.91. The summed E-state index contributed by atoms with van der Waals surface area (Å²) in [6, 6.07) is 4.05. The van der Waals surface area contributed by atoms with Crippen molar-refractivity contribution in [2.24, 2.45) is 4.99 Å². The Labute approximate surface area is 204 Å². The molecule has 0 aliphatic heterocycles. The smallest absolute Gasteiger partial charge is 0.280 e. The lowest BCUT2D eigenvalue weighted by Crippen LogP contribution is -2.27. The van der Waals surface area contributed by atoms with E-state index in [1.165, 1.54) is 36.2 Å². The van der Waals surface area contributed by atoms with Crippen LogP contribution in [0.3, 0.4) is 0 Å². The van der Waals surface area contributed by atoms with Crippen molar-refractivity contribution >= 4 is 41.4 Å². The lowest BCUT2D eigenvalue weighted by atomic mass is 10.3. The fraction of sp³-hybridized carbons (Fsp3) is 0.261. The summed E-state index contributed by atoms with van der Waals surface area (Å²) >= 11 is 0. The van der Waals surface area contributed by atoms with Gasteiger partial charge in [0.05, 0.1) is 25.1 Å². The first-order valence-corrected chi connectivity index (χ1v) is 10.9. The van der Waals surface area contributed by atoms with Gasteiger partial charge in [0, 0.05) is 31.8 Å². The number of anilines is 3. The fourth-order valence-corrected chi connectivity index (χ4v) is 3.39. The molecule has 3 heterocycles. The van der Waals surface area contributed by atoms with Crippen molar-refractivity contribution in [1.29, 1.82) is 0 Å². The minimum Gasteiger partial charge on any atom is -0.501 e. The molecule has 11 nitrogen and oxygen atoms in total. The number of alkyl halides is 1. The summed E-state index contributed by atoms with van der Waals surface area (Å²) in [5, 5.41) is 12.6. The first-order valence-electron chi connectivity index (χ1n) is 10.9. The Balaban J connectivity index is 1.72. The number of hydrogen-bond acceptors (Lipinski definition) is 8. The van der Waals surface area contributed by atoms with E-state index in [4.69, 9.17) is 4.74 Å². The van der Waals surface area contributed by atoms with Crippen molar-refractivity contribution in [1.82, 2.24) is 24.5 Å². The van der Waals surface area contributed by atoms with Crippen LogP contribution in [0.1, 0.15) is 23.7 Å². The van der Waals surface area contributed by atoms with Crippen molar-refractivity contribution in [3.05, 3.63) is 64.2 Å². The van der Waals surface area contributed by atoms with Crippen LogP contribution in [0, 0.1) is 0 Å². The molecule has 0 spiro atoms. The highest BCUT2D eigenvalue weighted by Gasteiger charge is 2.39. The highest BCUT2D eigenvalue weighted by Crippen LogP contribution is 2.26. The molecule has 36 heavy (non-hydrogen) atoms. The molecule has 4 rings (SSSR count). The minimum absolute atomic E-state index is 0.0570. The first kappa shape index (κ1) is 24.6. The van der Waals surface area contributed by atoms with Crippen LogP contribution in [0.4, 0.5) is 26.1 Å². The van der Waals surface area contributed by atoms with Gasteiger partial charge in [-0.1, -0.05) is 0 Å². The van der Waals surface area contributed by atoms with Crippen LogP contribution >= 0.6 is 0 Å². The standard InChI is InChI=1S/C23H24F2N8O3/c1-12(36-4)8-15(25)21(27-3)32-7-5-6-16(23(32)35)29-18-10-19(26-2)33-20(31-18)13(11-28-33)22(34)30-17-9-14(17)24/h5-8,10-11,14,17,26H,3,9H2,1-2,4H3,(H,29,31)(H,30,34)/b12-8+,21-15-/t14-,17+/m1/s1. The topological polar surface area (TPSA) is 127 Å². The molecular formula is C23H24F2N8O3. The number of pyridine rings is 1. The number of hydrogen-bond donors (Lipinski definition) is 3. The third-order valence-corrected chi connectivity index (χ3v) is 5.46. The molecule has 1 saturated carbocycles. The molecule has 1 fully saturated rings. The number of nitrogens with one attached hydrogen (secondary N) is 3. The number of carbonyl (C=O) groups is 1. The largest absolute Gasteiger partial charge is 0.501 e. The van der Waals surface area contributed by atoms with Gasteiger partial charge in [-0.15, -0.1) is 0 Å². The van der Waals surface area contributed by atoms with Gasteiger partial charge in [-0.3, -0.25) is 14.2 Å². The molecule has 0 aromatic carbocycles. The maximum Gasteiger partial charge on any atom is 0.280 e. The number of allylic oxidation sites excluding steroid dienone is 3. The van der Waals surface area contributed by atoms with Crippen molar-refractivity contribution in [3.8, 4) is 0 Å². The van der Waals surface area contributed by atoms with E-state index >= 15 is 0 Å². The molecule has 188 valence electrons. The monoisotopic (exact) mass is 498 g/mol. The number of nitrogens with zero attached hydrogens (tertiary/aromatic N) is 5. The van der Waals surface area contributed by atoms with Crippen LogP contribution in [0.25, 0.3) is 11.5 Å². The molecular weight excluding hydrogens is 474 g/mol. The number of aliphatic imine (C=N–C) groups is 1. The maximum absolute atomic E-state index is 14.7. The van der Waals surface area contributed by atoms with Crippen LogP contribution in [0.2, 0.25) is 0 Å². The molecule has 0 radical (unpaired) electrons. The Hall–Kier alpha value is -4.55. The number of amides is 1. The first-order chi connectivity index (χ1) is 17.3. The van der Waals surface area contributed by atoms with E-state index in [1.54, 1.807) is 20.0 Å². The summed E-state index contributed by atoms with van der Waals surface area (Å²) in [7, 11) is 3.04. The van der Waals surface area contributed by atoms with Crippen LogP contribution < -0.4 is 21.5 Å². The van der Waals surface area contributed by atoms with Crippen LogP contribution in [-0.2, 0) is 4.74 Å². The van der Waals surface area contributed by atoms with Gasteiger partial charge in [-0.05, 0) is 25.8 Å². The number of rotatable bonds is 9. The predicted molar refractivity (Wildman–Crippen MR) is 132 cm³/mol. The zero-order chi connectivity index (χ0) is 26.0. The molecule has 3 N–H and O–H groups in total. The quantitative estimate of drug-likeness (QED) is 0.235. The number of aromatic nitrogens is 4. The molecule has 13 heteroatoms. The third kappa shape index (κ3) is 4.80. The highest BCUT2D eigenvalue weighted by molar-refractivity contribution is 6.00. The Morgan fingerprint density at radius 2 is 2.17 bits per heavy atom. The molecule has 1 aliphatic carbocycles. The maximum atomic E-state index is 14.7. The number of methoxy groups -OCH3 is 1. The Kier molecular flexibility index (Phi) is 6.81. The van der Waals surface area contributed by atoms with E-state index in [2.05, 4.69) is 37.7 Å². The van der Waals surface area contributed by atoms with Gasteiger partial charge in [0.15, 0.2) is 17.3 Å². The summed E-state index contributed by atoms with van der Waals surface area (Å²) in [6.45, 7) is 4.91. The number of halogens is 2. The predicted octanol–water partition coefficient (Wildman–Crippen LogP) is 2.86. The van der Waals surface area contributed by atoms with Gasteiger partial charge < -0.3 is 20.7 Å². The Morgan fingerprint density at radius 3 is 2.81 bits per heavy atom. The number of carbonyl (C=O) groups excluding carboxylic acids is 1. The summed E-state index contributed by atoms with van der Waals surface area (Å²) in [6.07, 6.45) is 2.97. The Morgan fingerprint density at radius 1 is 1.42 bits per heavy atom. The SMILES string of the molecule is C=N/C(=C(F)\C=C(/C)OC)n1cccc(Nc2cc(NC)n3ncc(C(=O)N[C@H]4C[C@H]4F)c3n2)c1=O. The molecule has 0 saturated heterocycles. The van der Waals surface area contributed by atoms with Crippen molar-refractivity contribution in [2.75, 3.05) is 24.8 Å². The van der Waals surface area contributed by atoms with Crippen molar-refractivity contribution in [2.45, 2.75) is 25.6 Å². The molecule has 1 aliphatic rings. The lowest BCUT2D eigenvalue weighted by Gasteiger charge is -2.12. The third-order valence-electron chi connectivity index (χ3n) is 5.46. The van der Waals surface area contributed by atoms with E-state index in [1.807, 2.05) is 0 Å². The summed E-state index contributed by atoms with van der Waals surface area (Å²) in [5.41, 5.74) is -0.237. The van der Waals surface area contributed by atoms with Gasteiger partial charge in [-0.25, -0.2) is 18.8 Å². The normalized spacial score (nSPS) is 17.9. The Bertz CT molecular complexity index is 1460. The number of fused-ring (bicyclic) bond motifs is 1. The van der Waals surface area contributed by atoms with E-state index in [0.717, 1.165) is 10.6 Å². The van der Waals surface area contributed by atoms with Crippen molar-refractivity contribution in [3.63, 3.8) is 0 Å². The minimum atomic E-state index is -1.06.